The summed E-state index contributed by atoms with van der Waals surface area (Å²) in [5, 5.41) is 0. The predicted octanol–water partition coefficient (Wildman–Crippen LogP) is 0.548. The van der Waals surface area contributed by atoms with Crippen LogP contribution in [-0.4, -0.2) is 56.2 Å². The summed E-state index contributed by atoms with van der Waals surface area (Å²) >= 11 is 0. The van der Waals surface area contributed by atoms with Crippen LogP contribution in [0.2, 0.25) is 0 Å². The van der Waals surface area contributed by atoms with Gasteiger partial charge in [0.2, 0.25) is 5.88 Å². The van der Waals surface area contributed by atoms with E-state index < -0.39 is 16.3 Å². The number of hydrogen-bond acceptors (Lipinski definition) is 5. The summed E-state index contributed by atoms with van der Waals surface area (Å²) in [5.74, 6) is 0.500. The van der Waals surface area contributed by atoms with E-state index in [2.05, 4.69) is 9.71 Å². The lowest BCUT2D eigenvalue weighted by Crippen LogP contribution is -2.54. The zero-order valence-electron chi connectivity index (χ0n) is 12.3. The third kappa shape index (κ3) is 3.75. The molecule has 2 atom stereocenters. The minimum atomic E-state index is -3.48. The summed E-state index contributed by atoms with van der Waals surface area (Å²) in [5.41, 5.74) is 0. The molecule has 0 bridgehead atoms. The topological polar surface area (TPSA) is 80.8 Å². The van der Waals surface area contributed by atoms with Gasteiger partial charge in [-0.1, -0.05) is 6.07 Å². The highest BCUT2D eigenvalue weighted by Gasteiger charge is 2.34. The number of aromatic nitrogens is 1. The third-order valence-corrected chi connectivity index (χ3v) is 5.55. The molecule has 0 unspecified atom stereocenters. The zero-order chi connectivity index (χ0) is 15.4. The van der Waals surface area contributed by atoms with Gasteiger partial charge in [-0.2, -0.15) is 17.4 Å². The highest BCUT2D eigenvalue weighted by atomic mass is 32.2. The van der Waals surface area contributed by atoms with E-state index >= 15 is 0 Å². The average molecular weight is 327 g/mol. The summed E-state index contributed by atoms with van der Waals surface area (Å²) in [4.78, 5) is 4.13. The van der Waals surface area contributed by atoms with Crippen molar-refractivity contribution in [2.24, 2.45) is 0 Å². The van der Waals surface area contributed by atoms with Gasteiger partial charge in [0.15, 0.2) is 0 Å². The molecule has 1 N–H and O–H groups in total. The molecule has 122 valence electrons. The minimum Gasteiger partial charge on any atom is -0.472 e. The minimum absolute atomic E-state index is 0.277. The molecule has 0 aliphatic carbocycles. The van der Waals surface area contributed by atoms with E-state index in [9.17, 15) is 8.42 Å². The molecule has 3 rings (SSSR count). The first-order chi connectivity index (χ1) is 10.6. The summed E-state index contributed by atoms with van der Waals surface area (Å²) in [6.45, 7) is 2.02. The van der Waals surface area contributed by atoms with Gasteiger partial charge in [-0.25, -0.2) is 4.98 Å². The molecule has 2 aliphatic heterocycles. The van der Waals surface area contributed by atoms with E-state index in [0.29, 0.717) is 38.6 Å². The van der Waals surface area contributed by atoms with Crippen LogP contribution in [0.25, 0.3) is 0 Å². The molecule has 1 aromatic rings. The summed E-state index contributed by atoms with van der Waals surface area (Å²) in [7, 11) is -3.48. The first kappa shape index (κ1) is 15.7. The first-order valence-corrected chi connectivity index (χ1v) is 9.02. The highest BCUT2D eigenvalue weighted by molar-refractivity contribution is 7.87. The maximum absolute atomic E-state index is 12.4. The Morgan fingerprint density at radius 1 is 1.32 bits per heavy atom. The van der Waals surface area contributed by atoms with Gasteiger partial charge in [-0.3, -0.25) is 0 Å². The van der Waals surface area contributed by atoms with Crippen molar-refractivity contribution in [1.29, 1.82) is 0 Å². The molecular formula is C14H21N3O4S. The fourth-order valence-electron chi connectivity index (χ4n) is 2.74. The molecule has 22 heavy (non-hydrogen) atoms. The van der Waals surface area contributed by atoms with E-state index in [1.54, 1.807) is 12.3 Å². The Kier molecular flexibility index (Phi) is 4.92. The Morgan fingerprint density at radius 3 is 2.86 bits per heavy atom. The molecule has 7 nitrogen and oxygen atoms in total. The molecule has 0 aromatic carbocycles. The number of ether oxygens (including phenoxy) is 2. The monoisotopic (exact) mass is 327 g/mol. The van der Waals surface area contributed by atoms with Crippen molar-refractivity contribution < 1.29 is 17.9 Å². The van der Waals surface area contributed by atoms with Gasteiger partial charge in [0, 0.05) is 31.8 Å². The van der Waals surface area contributed by atoms with Crippen LogP contribution in [0.5, 0.6) is 5.88 Å². The fourth-order valence-corrected chi connectivity index (χ4v) is 4.23. The molecule has 3 heterocycles. The molecule has 0 spiro atoms. The van der Waals surface area contributed by atoms with E-state index in [-0.39, 0.29) is 6.10 Å². The Hall–Kier alpha value is -1.22. The van der Waals surface area contributed by atoms with Crippen LogP contribution >= 0.6 is 0 Å². The molecule has 2 saturated heterocycles. The van der Waals surface area contributed by atoms with Crippen molar-refractivity contribution in [3.8, 4) is 5.88 Å². The maximum atomic E-state index is 12.4. The zero-order valence-corrected chi connectivity index (χ0v) is 13.2. The largest absolute Gasteiger partial charge is 0.472 e. The lowest BCUT2D eigenvalue weighted by molar-refractivity contribution is 0.00107. The van der Waals surface area contributed by atoms with Crippen molar-refractivity contribution in [1.82, 2.24) is 14.0 Å². The van der Waals surface area contributed by atoms with Crippen molar-refractivity contribution in [3.63, 3.8) is 0 Å². The van der Waals surface area contributed by atoms with Gasteiger partial charge in [0.05, 0.1) is 19.3 Å². The van der Waals surface area contributed by atoms with Crippen LogP contribution in [0.15, 0.2) is 24.4 Å². The second-order valence-corrected chi connectivity index (χ2v) is 7.23. The van der Waals surface area contributed by atoms with E-state index in [0.717, 1.165) is 12.8 Å². The second-order valence-electron chi connectivity index (χ2n) is 5.52. The molecule has 0 amide bonds. The van der Waals surface area contributed by atoms with Crippen LogP contribution in [0.4, 0.5) is 0 Å². The second kappa shape index (κ2) is 6.91. The van der Waals surface area contributed by atoms with Crippen molar-refractivity contribution in [2.75, 3.05) is 26.3 Å². The number of nitrogens with one attached hydrogen (secondary N) is 1. The lowest BCUT2D eigenvalue weighted by atomic mass is 10.1. The average Bonchev–Trinajstić information content (AvgIpc) is 3.05. The fraction of sp³-hybridized carbons (Fsp3) is 0.643. The lowest BCUT2D eigenvalue weighted by Gasteiger charge is -2.32. The summed E-state index contributed by atoms with van der Waals surface area (Å²) < 4.78 is 40.2. The Morgan fingerprint density at radius 2 is 2.14 bits per heavy atom. The van der Waals surface area contributed by atoms with Crippen LogP contribution in [0.1, 0.15) is 19.3 Å². The highest BCUT2D eigenvalue weighted by Crippen LogP contribution is 2.18. The molecule has 2 fully saturated rings. The van der Waals surface area contributed by atoms with Gasteiger partial charge >= 0.3 is 0 Å². The normalized spacial score (nSPS) is 26.9. The van der Waals surface area contributed by atoms with Crippen molar-refractivity contribution in [3.05, 3.63) is 24.4 Å². The van der Waals surface area contributed by atoms with Crippen LogP contribution < -0.4 is 9.46 Å². The van der Waals surface area contributed by atoms with Crippen LogP contribution in [-0.2, 0) is 14.9 Å². The summed E-state index contributed by atoms with van der Waals surface area (Å²) in [6.07, 6.45) is 3.83. The smallest absolute Gasteiger partial charge is 0.279 e. The number of pyridine rings is 1. The number of hydrogen-bond donors (Lipinski definition) is 1. The molecule has 0 saturated carbocycles. The SMILES string of the molecule is O=S(=O)(N[C@@H]1COCC[C@H]1Oc1ccccn1)N1CCCC1. The molecule has 0 radical (unpaired) electrons. The molecule has 2 aliphatic rings. The van der Waals surface area contributed by atoms with Crippen molar-refractivity contribution >= 4 is 10.2 Å². The Labute approximate surface area is 130 Å². The maximum Gasteiger partial charge on any atom is 0.279 e. The van der Waals surface area contributed by atoms with Crippen molar-refractivity contribution in [2.45, 2.75) is 31.4 Å². The Balaban J connectivity index is 1.67. The van der Waals surface area contributed by atoms with Gasteiger partial charge in [-0.15, -0.1) is 0 Å². The number of nitrogens with zero attached hydrogens (tertiary/aromatic N) is 2. The quantitative estimate of drug-likeness (QED) is 0.854. The first-order valence-electron chi connectivity index (χ1n) is 7.58. The van der Waals surface area contributed by atoms with Gasteiger partial charge in [0.1, 0.15) is 6.10 Å². The molecule has 8 heteroatoms. The van der Waals surface area contributed by atoms with Crippen LogP contribution in [0, 0.1) is 0 Å². The summed E-state index contributed by atoms with van der Waals surface area (Å²) in [6, 6.07) is 5.01. The van der Waals surface area contributed by atoms with Crippen LogP contribution in [0.3, 0.4) is 0 Å². The van der Waals surface area contributed by atoms with E-state index in [1.807, 2.05) is 12.1 Å². The van der Waals surface area contributed by atoms with E-state index in [4.69, 9.17) is 9.47 Å². The predicted molar refractivity (Wildman–Crippen MR) is 80.7 cm³/mol. The van der Waals surface area contributed by atoms with E-state index in [1.165, 1.54) is 4.31 Å². The third-order valence-electron chi connectivity index (χ3n) is 3.91. The molecule has 1 aromatic heterocycles. The van der Waals surface area contributed by atoms with Gasteiger partial charge < -0.3 is 9.47 Å². The Bertz CT molecular complexity index is 575. The molecular weight excluding hydrogens is 306 g/mol. The number of rotatable bonds is 5. The van der Waals surface area contributed by atoms with Gasteiger partial charge in [-0.05, 0) is 18.9 Å². The standard InChI is InChI=1S/C14H21N3O4S/c18-22(19,17-8-3-4-9-17)16-12-11-20-10-6-13(12)21-14-5-1-2-7-15-14/h1-2,5,7,12-13,16H,3-4,6,8-11H2/t12-,13-/m1/s1. The van der Waals surface area contributed by atoms with Gasteiger partial charge in [0.25, 0.3) is 10.2 Å².